The van der Waals surface area contributed by atoms with E-state index in [4.69, 9.17) is 4.99 Å². The Morgan fingerprint density at radius 3 is 2.77 bits per heavy atom. The molecule has 5 nitrogen and oxygen atoms in total. The summed E-state index contributed by atoms with van der Waals surface area (Å²) in [5.41, 5.74) is 1.22. The van der Waals surface area contributed by atoms with Crippen LogP contribution >= 0.6 is 35.3 Å². The van der Waals surface area contributed by atoms with Gasteiger partial charge in [0.25, 0.3) is 0 Å². The maximum absolute atomic E-state index is 11.7. The third-order valence-corrected chi connectivity index (χ3v) is 8.51. The van der Waals surface area contributed by atoms with Crippen LogP contribution in [0.5, 0.6) is 0 Å². The van der Waals surface area contributed by atoms with Crippen molar-refractivity contribution in [3.63, 3.8) is 0 Å². The first-order chi connectivity index (χ1) is 12.1. The van der Waals surface area contributed by atoms with E-state index in [0.29, 0.717) is 30.6 Å². The fourth-order valence-corrected chi connectivity index (χ4v) is 7.10. The molecule has 1 aliphatic heterocycles. The molecular weight excluding hydrogens is 481 g/mol. The first-order valence-corrected chi connectivity index (χ1v) is 12.1. The summed E-state index contributed by atoms with van der Waals surface area (Å²) in [5, 5.41) is 11.3. The van der Waals surface area contributed by atoms with Crippen LogP contribution in [0, 0.1) is 17.8 Å². The highest BCUT2D eigenvalue weighted by molar-refractivity contribution is 14.0. The lowest BCUT2D eigenvalue weighted by molar-refractivity contribution is 0.386. The number of thiophene rings is 1. The number of nitrogens with zero attached hydrogens (tertiary/aromatic N) is 1. The Morgan fingerprint density at radius 1 is 1.27 bits per heavy atom. The second kappa shape index (κ2) is 8.77. The Bertz CT molecular complexity index is 721. The number of halogens is 1. The first kappa shape index (κ1) is 20.4. The Kier molecular flexibility index (Phi) is 6.88. The molecule has 4 atom stereocenters. The lowest BCUT2D eigenvalue weighted by Crippen LogP contribution is -2.47. The molecule has 2 heterocycles. The van der Waals surface area contributed by atoms with Gasteiger partial charge in [-0.25, -0.2) is 13.4 Å². The maximum Gasteiger partial charge on any atom is 0.191 e. The second-order valence-corrected chi connectivity index (χ2v) is 10.9. The van der Waals surface area contributed by atoms with Gasteiger partial charge in [0.1, 0.15) is 0 Å². The van der Waals surface area contributed by atoms with Gasteiger partial charge in [-0.05, 0) is 65.8 Å². The van der Waals surface area contributed by atoms with Gasteiger partial charge >= 0.3 is 0 Å². The molecule has 0 amide bonds. The van der Waals surface area contributed by atoms with Crippen LogP contribution in [0.1, 0.15) is 37.7 Å². The predicted octanol–water partition coefficient (Wildman–Crippen LogP) is 3.02. The van der Waals surface area contributed by atoms with Gasteiger partial charge in [0, 0.05) is 12.6 Å². The minimum absolute atomic E-state index is 0. The van der Waals surface area contributed by atoms with Crippen molar-refractivity contribution >= 4 is 51.1 Å². The van der Waals surface area contributed by atoms with E-state index in [9.17, 15) is 8.42 Å². The van der Waals surface area contributed by atoms with Crippen LogP contribution in [0.15, 0.2) is 21.8 Å². The quantitative estimate of drug-likeness (QED) is 0.364. The summed E-state index contributed by atoms with van der Waals surface area (Å²) in [6.45, 7) is 1.36. The summed E-state index contributed by atoms with van der Waals surface area (Å²) in [6.07, 6.45) is 6.10. The zero-order valence-corrected chi connectivity index (χ0v) is 18.9. The standard InChI is InChI=1S/C18H27N3O2S2.HI/c22-25(23)6-4-15(12-25)10-20-18(19-9-14-3-5-24-11-14)21-17-8-13-1-2-16(17)7-13;/h3,5,11,13,15-17H,1-2,4,6-10,12H2,(H2,19,20,21);1H. The fourth-order valence-electron chi connectivity index (χ4n) is 4.58. The molecule has 2 bridgehead atoms. The molecule has 8 heteroatoms. The van der Waals surface area contributed by atoms with E-state index in [1.807, 2.05) is 0 Å². The summed E-state index contributed by atoms with van der Waals surface area (Å²) in [4.78, 5) is 4.76. The van der Waals surface area contributed by atoms with Gasteiger partial charge in [-0.15, -0.1) is 24.0 Å². The monoisotopic (exact) mass is 509 g/mol. The predicted molar refractivity (Wildman–Crippen MR) is 118 cm³/mol. The number of rotatable bonds is 5. The Balaban J connectivity index is 0.00000196. The van der Waals surface area contributed by atoms with E-state index in [0.717, 1.165) is 24.2 Å². The zero-order valence-electron chi connectivity index (χ0n) is 14.9. The Hall–Kier alpha value is -0.350. The van der Waals surface area contributed by atoms with Crippen LogP contribution in [0.25, 0.3) is 0 Å². The molecule has 3 fully saturated rings. The minimum Gasteiger partial charge on any atom is -0.356 e. The number of hydrogen-bond acceptors (Lipinski definition) is 4. The number of sulfone groups is 1. The first-order valence-electron chi connectivity index (χ1n) is 9.34. The average molecular weight is 509 g/mol. The molecule has 2 N–H and O–H groups in total. The minimum atomic E-state index is -2.82. The van der Waals surface area contributed by atoms with E-state index >= 15 is 0 Å². The van der Waals surface area contributed by atoms with Gasteiger partial charge in [0.05, 0.1) is 18.1 Å². The van der Waals surface area contributed by atoms with Crippen molar-refractivity contribution in [2.75, 3.05) is 18.1 Å². The van der Waals surface area contributed by atoms with Crippen LogP contribution in [0.2, 0.25) is 0 Å². The van der Waals surface area contributed by atoms with E-state index < -0.39 is 9.84 Å². The third kappa shape index (κ3) is 5.13. The molecule has 3 aliphatic rings. The highest BCUT2D eigenvalue weighted by Crippen LogP contribution is 2.44. The largest absolute Gasteiger partial charge is 0.356 e. The molecule has 0 spiro atoms. The fraction of sp³-hybridized carbons (Fsp3) is 0.722. The lowest BCUT2D eigenvalue weighted by atomic mass is 9.95. The van der Waals surface area contributed by atoms with Gasteiger partial charge in [-0.1, -0.05) is 6.42 Å². The van der Waals surface area contributed by atoms with Crippen molar-refractivity contribution in [2.45, 2.75) is 44.7 Å². The normalized spacial score (nSPS) is 32.4. The Labute approximate surface area is 177 Å². The highest BCUT2D eigenvalue weighted by Gasteiger charge is 2.40. The van der Waals surface area contributed by atoms with Crippen molar-refractivity contribution in [1.29, 1.82) is 0 Å². The molecule has 0 aromatic carbocycles. The summed E-state index contributed by atoms with van der Waals surface area (Å²) < 4.78 is 23.3. The topological polar surface area (TPSA) is 70.6 Å². The van der Waals surface area contributed by atoms with E-state index in [-0.39, 0.29) is 29.9 Å². The highest BCUT2D eigenvalue weighted by atomic mass is 127. The van der Waals surface area contributed by atoms with Crippen molar-refractivity contribution in [1.82, 2.24) is 10.6 Å². The number of fused-ring (bicyclic) bond motifs is 2. The molecule has 2 saturated carbocycles. The van der Waals surface area contributed by atoms with E-state index in [1.54, 1.807) is 11.3 Å². The SMILES string of the molecule is I.O=S1(=O)CCC(CNC(=NCc2ccsc2)NC2CC3CCC2C3)C1. The van der Waals surface area contributed by atoms with Crippen molar-refractivity contribution < 1.29 is 8.42 Å². The van der Waals surface area contributed by atoms with Crippen molar-refractivity contribution in [3.05, 3.63) is 22.4 Å². The molecule has 1 aromatic rings. The molecule has 146 valence electrons. The van der Waals surface area contributed by atoms with E-state index in [2.05, 4.69) is 27.5 Å². The maximum atomic E-state index is 11.7. The molecule has 1 saturated heterocycles. The summed E-state index contributed by atoms with van der Waals surface area (Å²) in [5.74, 6) is 3.38. The molecule has 1 aromatic heterocycles. The summed E-state index contributed by atoms with van der Waals surface area (Å²) >= 11 is 1.69. The van der Waals surface area contributed by atoms with Gasteiger partial charge < -0.3 is 10.6 Å². The molecule has 4 rings (SSSR count). The smallest absolute Gasteiger partial charge is 0.191 e. The van der Waals surface area contributed by atoms with Gasteiger partial charge in [0.2, 0.25) is 0 Å². The number of aliphatic imine (C=N–C) groups is 1. The number of nitrogens with one attached hydrogen (secondary N) is 2. The molecular formula is C18H28IN3O2S2. The van der Waals surface area contributed by atoms with Crippen LogP contribution in [0.3, 0.4) is 0 Å². The molecule has 26 heavy (non-hydrogen) atoms. The number of guanidine groups is 1. The van der Waals surface area contributed by atoms with Gasteiger partial charge in [0.15, 0.2) is 15.8 Å². The molecule has 0 radical (unpaired) electrons. The van der Waals surface area contributed by atoms with Crippen molar-refractivity contribution in [3.8, 4) is 0 Å². The van der Waals surface area contributed by atoms with Gasteiger partial charge in [-0.3, -0.25) is 0 Å². The summed E-state index contributed by atoms with van der Waals surface area (Å²) in [7, 11) is -2.82. The van der Waals surface area contributed by atoms with Gasteiger partial charge in [-0.2, -0.15) is 11.3 Å². The zero-order chi connectivity index (χ0) is 17.3. The lowest BCUT2D eigenvalue weighted by Gasteiger charge is -2.25. The Morgan fingerprint density at radius 2 is 2.15 bits per heavy atom. The average Bonchev–Trinajstić information content (AvgIpc) is 3.35. The third-order valence-electron chi connectivity index (χ3n) is 5.94. The van der Waals surface area contributed by atoms with E-state index in [1.165, 1.54) is 31.2 Å². The van der Waals surface area contributed by atoms with Crippen LogP contribution in [-0.4, -0.2) is 38.5 Å². The van der Waals surface area contributed by atoms with Crippen LogP contribution < -0.4 is 10.6 Å². The second-order valence-electron chi connectivity index (χ2n) is 7.87. The summed E-state index contributed by atoms with van der Waals surface area (Å²) in [6, 6.07) is 2.63. The molecule has 4 unspecified atom stereocenters. The van der Waals surface area contributed by atoms with Crippen LogP contribution in [0.4, 0.5) is 0 Å². The van der Waals surface area contributed by atoms with Crippen LogP contribution in [-0.2, 0) is 16.4 Å². The number of hydrogen-bond donors (Lipinski definition) is 2. The molecule has 2 aliphatic carbocycles. The van der Waals surface area contributed by atoms with Crippen molar-refractivity contribution in [2.24, 2.45) is 22.7 Å².